The van der Waals surface area contributed by atoms with E-state index in [1.165, 1.54) is 12.3 Å². The zero-order chi connectivity index (χ0) is 12.4. The number of likely N-dealkylation sites (N-methyl/N-ethyl adjacent to an activating group) is 1. The smallest absolute Gasteiger partial charge is 0.294 e. The Labute approximate surface area is 99.4 Å². The molecule has 1 fully saturated rings. The van der Waals surface area contributed by atoms with Crippen LogP contribution in [0.5, 0.6) is 5.75 Å². The summed E-state index contributed by atoms with van der Waals surface area (Å²) in [5.41, 5.74) is 0.410. The van der Waals surface area contributed by atoms with Gasteiger partial charge >= 0.3 is 0 Å². The van der Waals surface area contributed by atoms with Crippen molar-refractivity contribution in [2.24, 2.45) is 0 Å². The van der Waals surface area contributed by atoms with Gasteiger partial charge in [-0.2, -0.15) is 0 Å². The van der Waals surface area contributed by atoms with Gasteiger partial charge in [-0.25, -0.2) is 0 Å². The Hall–Kier alpha value is -1.69. The molecule has 0 aromatic carbocycles. The van der Waals surface area contributed by atoms with Crippen molar-refractivity contribution in [2.75, 3.05) is 20.2 Å². The van der Waals surface area contributed by atoms with Crippen LogP contribution in [0.3, 0.4) is 0 Å². The molecule has 0 aliphatic carbocycles. The number of aryl methyl sites for hydroxylation is 1. The van der Waals surface area contributed by atoms with Gasteiger partial charge in [0.1, 0.15) is 18.1 Å². The average molecular weight is 237 g/mol. The van der Waals surface area contributed by atoms with Gasteiger partial charge in [-0.1, -0.05) is 0 Å². The van der Waals surface area contributed by atoms with Crippen molar-refractivity contribution in [2.45, 2.75) is 19.4 Å². The molecule has 1 aliphatic rings. The summed E-state index contributed by atoms with van der Waals surface area (Å²) < 4.78 is 5.52. The molecule has 6 nitrogen and oxygen atoms in total. The van der Waals surface area contributed by atoms with Crippen molar-refractivity contribution in [1.29, 1.82) is 0 Å². The molecule has 1 aliphatic heterocycles. The van der Waals surface area contributed by atoms with Crippen molar-refractivity contribution in [3.63, 3.8) is 0 Å². The first kappa shape index (κ1) is 11.8. The molecular weight excluding hydrogens is 222 g/mol. The van der Waals surface area contributed by atoms with E-state index in [9.17, 15) is 10.1 Å². The van der Waals surface area contributed by atoms with E-state index in [0.29, 0.717) is 24.1 Å². The third-order valence-electron chi connectivity index (χ3n) is 3.11. The predicted octanol–water partition coefficient (Wildman–Crippen LogP) is 1.38. The fraction of sp³-hybridized carbons (Fsp3) is 0.545. The lowest BCUT2D eigenvalue weighted by Crippen LogP contribution is -2.48. The number of aromatic nitrogens is 1. The van der Waals surface area contributed by atoms with E-state index in [-0.39, 0.29) is 5.69 Å². The molecular formula is C11H15N3O3. The first-order valence-electron chi connectivity index (χ1n) is 5.52. The molecule has 0 bridgehead atoms. The molecule has 0 saturated carbocycles. The lowest BCUT2D eigenvalue weighted by atomic mass is 10.1. The first-order chi connectivity index (χ1) is 8.08. The number of ether oxygens (including phenoxy) is 1. The van der Waals surface area contributed by atoms with Gasteiger partial charge in [0.2, 0.25) is 0 Å². The monoisotopic (exact) mass is 237 g/mol. The maximum Gasteiger partial charge on any atom is 0.294 e. The summed E-state index contributed by atoms with van der Waals surface area (Å²) in [4.78, 5) is 16.4. The van der Waals surface area contributed by atoms with Crippen LogP contribution in [0, 0.1) is 17.0 Å². The van der Waals surface area contributed by atoms with E-state index in [0.717, 1.165) is 13.0 Å². The molecule has 0 radical (unpaired) electrons. The molecule has 1 atom stereocenters. The minimum atomic E-state index is -0.440. The Balaban J connectivity index is 2.01. The van der Waals surface area contributed by atoms with E-state index in [1.807, 2.05) is 7.05 Å². The molecule has 1 aromatic rings. The molecule has 92 valence electrons. The average Bonchev–Trinajstić information content (AvgIpc) is 2.29. The molecule has 0 N–H and O–H groups in total. The summed E-state index contributed by atoms with van der Waals surface area (Å²) >= 11 is 0. The minimum Gasteiger partial charge on any atom is -0.490 e. The second-order valence-corrected chi connectivity index (χ2v) is 4.27. The van der Waals surface area contributed by atoms with E-state index in [4.69, 9.17) is 4.74 Å². The van der Waals surface area contributed by atoms with E-state index < -0.39 is 4.92 Å². The summed E-state index contributed by atoms with van der Waals surface area (Å²) in [6.45, 7) is 3.25. The van der Waals surface area contributed by atoms with Crippen LogP contribution in [0.15, 0.2) is 12.3 Å². The SMILES string of the molecule is Cc1ncc(OC[C@H]2CCN2C)cc1[N+](=O)[O-]. The van der Waals surface area contributed by atoms with Crippen molar-refractivity contribution >= 4 is 5.69 Å². The Morgan fingerprint density at radius 2 is 2.47 bits per heavy atom. The quantitative estimate of drug-likeness (QED) is 0.584. The highest BCUT2D eigenvalue weighted by Crippen LogP contribution is 2.23. The van der Waals surface area contributed by atoms with Crippen LogP contribution in [0.25, 0.3) is 0 Å². The van der Waals surface area contributed by atoms with Crippen LogP contribution in [0.4, 0.5) is 5.69 Å². The van der Waals surface area contributed by atoms with Gasteiger partial charge in [-0.15, -0.1) is 0 Å². The number of likely N-dealkylation sites (tertiary alicyclic amines) is 1. The van der Waals surface area contributed by atoms with Crippen molar-refractivity contribution < 1.29 is 9.66 Å². The van der Waals surface area contributed by atoms with Gasteiger partial charge in [0.05, 0.1) is 17.2 Å². The second kappa shape index (κ2) is 4.67. The number of nitro groups is 1. The van der Waals surface area contributed by atoms with Gasteiger partial charge in [0.15, 0.2) is 0 Å². The van der Waals surface area contributed by atoms with Crippen LogP contribution in [0.1, 0.15) is 12.1 Å². The summed E-state index contributed by atoms with van der Waals surface area (Å²) in [7, 11) is 2.04. The molecule has 1 saturated heterocycles. The Morgan fingerprint density at radius 3 is 3.00 bits per heavy atom. The fourth-order valence-corrected chi connectivity index (χ4v) is 1.74. The predicted molar refractivity (Wildman–Crippen MR) is 62.2 cm³/mol. The van der Waals surface area contributed by atoms with E-state index in [1.54, 1.807) is 6.92 Å². The Kier molecular flexibility index (Phi) is 3.23. The largest absolute Gasteiger partial charge is 0.490 e. The molecule has 0 unspecified atom stereocenters. The molecule has 0 amide bonds. The maximum absolute atomic E-state index is 10.7. The van der Waals surface area contributed by atoms with Gasteiger partial charge in [-0.05, 0) is 26.9 Å². The number of nitrogens with zero attached hydrogens (tertiary/aromatic N) is 3. The highest BCUT2D eigenvalue weighted by atomic mass is 16.6. The molecule has 2 rings (SSSR count). The zero-order valence-electron chi connectivity index (χ0n) is 9.92. The molecule has 1 aromatic heterocycles. The van der Waals surface area contributed by atoms with Crippen LogP contribution >= 0.6 is 0 Å². The molecule has 17 heavy (non-hydrogen) atoms. The number of pyridine rings is 1. The molecule has 2 heterocycles. The Morgan fingerprint density at radius 1 is 1.71 bits per heavy atom. The molecule has 6 heteroatoms. The van der Waals surface area contributed by atoms with E-state index in [2.05, 4.69) is 9.88 Å². The highest BCUT2D eigenvalue weighted by Gasteiger charge is 2.24. The minimum absolute atomic E-state index is 0.00413. The van der Waals surface area contributed by atoms with Gasteiger partial charge < -0.3 is 4.74 Å². The molecule has 0 spiro atoms. The summed E-state index contributed by atoms with van der Waals surface area (Å²) in [5, 5.41) is 10.7. The van der Waals surface area contributed by atoms with Gasteiger partial charge in [0.25, 0.3) is 5.69 Å². The van der Waals surface area contributed by atoms with Crippen molar-refractivity contribution in [1.82, 2.24) is 9.88 Å². The van der Waals surface area contributed by atoms with Crippen LogP contribution in [-0.4, -0.2) is 41.0 Å². The fourth-order valence-electron chi connectivity index (χ4n) is 1.74. The number of rotatable bonds is 4. The topological polar surface area (TPSA) is 68.5 Å². The third kappa shape index (κ3) is 2.52. The third-order valence-corrected chi connectivity index (χ3v) is 3.11. The number of hydrogen-bond donors (Lipinski definition) is 0. The zero-order valence-corrected chi connectivity index (χ0v) is 9.92. The highest BCUT2D eigenvalue weighted by molar-refractivity contribution is 5.40. The Bertz CT molecular complexity index is 436. The summed E-state index contributed by atoms with van der Waals surface area (Å²) in [6, 6.07) is 1.84. The van der Waals surface area contributed by atoms with Crippen molar-refractivity contribution in [3.05, 3.63) is 28.1 Å². The summed E-state index contributed by atoms with van der Waals surface area (Å²) in [6.07, 6.45) is 2.64. The lowest BCUT2D eigenvalue weighted by Gasteiger charge is -2.37. The van der Waals surface area contributed by atoms with E-state index >= 15 is 0 Å². The maximum atomic E-state index is 10.7. The van der Waals surface area contributed by atoms with Gasteiger partial charge in [0, 0.05) is 6.04 Å². The van der Waals surface area contributed by atoms with Crippen LogP contribution < -0.4 is 4.74 Å². The number of hydrogen-bond acceptors (Lipinski definition) is 5. The standard InChI is InChI=1S/C11H15N3O3/c1-8-11(14(15)16)5-10(6-12-8)17-7-9-3-4-13(9)2/h5-6,9H,3-4,7H2,1-2H3/t9-/m1/s1. The second-order valence-electron chi connectivity index (χ2n) is 4.27. The van der Waals surface area contributed by atoms with Crippen LogP contribution in [-0.2, 0) is 0 Å². The van der Waals surface area contributed by atoms with Gasteiger partial charge in [-0.3, -0.25) is 20.0 Å². The lowest BCUT2D eigenvalue weighted by molar-refractivity contribution is -0.385. The van der Waals surface area contributed by atoms with Crippen LogP contribution in [0.2, 0.25) is 0 Å². The summed E-state index contributed by atoms with van der Waals surface area (Å²) in [5.74, 6) is 0.461. The normalized spacial score (nSPS) is 19.8. The first-order valence-corrected chi connectivity index (χ1v) is 5.52. The van der Waals surface area contributed by atoms with Crippen molar-refractivity contribution in [3.8, 4) is 5.75 Å².